The summed E-state index contributed by atoms with van der Waals surface area (Å²) in [5.41, 5.74) is 2.80. The first-order chi connectivity index (χ1) is 14.8. The number of imidazole rings is 1. The van der Waals surface area contributed by atoms with Gasteiger partial charge in [-0.25, -0.2) is 14.4 Å². The number of anilines is 1. The van der Waals surface area contributed by atoms with Crippen LogP contribution in [0.1, 0.15) is 36.6 Å². The normalized spacial score (nSPS) is 13.9. The quantitative estimate of drug-likeness (QED) is 0.468. The molecule has 1 aliphatic carbocycles. The van der Waals surface area contributed by atoms with Crippen LogP contribution in [0.25, 0.3) is 16.8 Å². The topological polar surface area (TPSA) is 51.5 Å². The van der Waals surface area contributed by atoms with Crippen molar-refractivity contribution >= 4 is 11.3 Å². The molecule has 2 aromatic carbocycles. The van der Waals surface area contributed by atoms with Crippen molar-refractivity contribution in [1.82, 2.24) is 14.4 Å². The van der Waals surface area contributed by atoms with Crippen LogP contribution in [0, 0.1) is 5.82 Å². The van der Waals surface area contributed by atoms with Crippen LogP contribution >= 0.6 is 0 Å². The maximum absolute atomic E-state index is 15.5. The van der Waals surface area contributed by atoms with Gasteiger partial charge in [0.1, 0.15) is 23.6 Å². The Labute approximate surface area is 174 Å². The monoisotopic (exact) mass is 402 g/mol. The standard InChI is InChI=1S/C24H23FN4O/c1-26-23-22-21(28-24(17-9-5-10-17)29(22)14-13-27-23)18-11-6-12-19(20(18)25)30-15-16-7-3-2-4-8-16/h2-4,6-8,11-14,17H,5,9-10,15H2,1H3,(H,26,27). The molecule has 5 rings (SSSR count). The molecule has 0 bridgehead atoms. The van der Waals surface area contributed by atoms with Gasteiger partial charge in [-0.3, -0.25) is 4.40 Å². The van der Waals surface area contributed by atoms with Crippen LogP contribution in [-0.2, 0) is 6.61 Å². The second-order valence-corrected chi connectivity index (χ2v) is 7.58. The minimum atomic E-state index is -0.403. The van der Waals surface area contributed by atoms with Crippen molar-refractivity contribution in [2.24, 2.45) is 0 Å². The van der Waals surface area contributed by atoms with Crippen molar-refractivity contribution in [3.05, 3.63) is 78.1 Å². The Morgan fingerprint density at radius 1 is 1.13 bits per heavy atom. The summed E-state index contributed by atoms with van der Waals surface area (Å²) in [6, 6.07) is 15.0. The highest BCUT2D eigenvalue weighted by Crippen LogP contribution is 2.40. The summed E-state index contributed by atoms with van der Waals surface area (Å²) < 4.78 is 23.4. The zero-order valence-electron chi connectivity index (χ0n) is 16.8. The van der Waals surface area contributed by atoms with E-state index in [1.54, 1.807) is 18.3 Å². The first kappa shape index (κ1) is 18.6. The molecular formula is C24H23FN4O. The molecule has 2 aromatic heterocycles. The van der Waals surface area contributed by atoms with E-state index >= 15 is 4.39 Å². The van der Waals surface area contributed by atoms with E-state index in [-0.39, 0.29) is 5.75 Å². The maximum atomic E-state index is 15.5. The van der Waals surface area contributed by atoms with Gasteiger partial charge in [0.15, 0.2) is 17.4 Å². The molecule has 6 heteroatoms. The minimum absolute atomic E-state index is 0.220. The Bertz CT molecular complexity index is 1180. The zero-order chi connectivity index (χ0) is 20.5. The number of hydrogen-bond acceptors (Lipinski definition) is 4. The number of rotatable bonds is 6. The number of nitrogens with one attached hydrogen (secondary N) is 1. The van der Waals surface area contributed by atoms with Gasteiger partial charge < -0.3 is 10.1 Å². The third-order valence-electron chi connectivity index (χ3n) is 5.74. The van der Waals surface area contributed by atoms with Crippen molar-refractivity contribution in [2.45, 2.75) is 31.8 Å². The highest BCUT2D eigenvalue weighted by atomic mass is 19.1. The molecule has 4 aromatic rings. The average molecular weight is 402 g/mol. The summed E-state index contributed by atoms with van der Waals surface area (Å²) >= 11 is 0. The third-order valence-corrected chi connectivity index (χ3v) is 5.74. The summed E-state index contributed by atoms with van der Waals surface area (Å²) in [7, 11) is 1.82. The van der Waals surface area contributed by atoms with Gasteiger partial charge in [0.2, 0.25) is 0 Å². The van der Waals surface area contributed by atoms with E-state index in [1.165, 1.54) is 6.42 Å². The van der Waals surface area contributed by atoms with Crippen LogP contribution in [0.4, 0.5) is 10.2 Å². The lowest BCUT2D eigenvalue weighted by molar-refractivity contribution is 0.291. The van der Waals surface area contributed by atoms with Crippen LogP contribution in [0.15, 0.2) is 60.9 Å². The summed E-state index contributed by atoms with van der Waals surface area (Å²) in [5.74, 6) is 1.87. The number of benzene rings is 2. The third kappa shape index (κ3) is 3.18. The van der Waals surface area contributed by atoms with Crippen molar-refractivity contribution in [3.63, 3.8) is 0 Å². The molecule has 0 spiro atoms. The van der Waals surface area contributed by atoms with Gasteiger partial charge in [0, 0.05) is 30.9 Å². The molecular weight excluding hydrogens is 379 g/mol. The largest absolute Gasteiger partial charge is 0.486 e. The van der Waals surface area contributed by atoms with Gasteiger partial charge in [0.25, 0.3) is 0 Å². The van der Waals surface area contributed by atoms with E-state index in [9.17, 15) is 0 Å². The van der Waals surface area contributed by atoms with E-state index < -0.39 is 5.82 Å². The summed E-state index contributed by atoms with van der Waals surface area (Å²) in [5, 5.41) is 3.12. The van der Waals surface area contributed by atoms with Crippen LogP contribution in [0.5, 0.6) is 5.75 Å². The molecule has 0 unspecified atom stereocenters. The summed E-state index contributed by atoms with van der Waals surface area (Å²) in [6.45, 7) is 0.307. The number of nitrogens with zero attached hydrogens (tertiary/aromatic N) is 3. The molecule has 0 radical (unpaired) electrons. The fourth-order valence-corrected chi connectivity index (χ4v) is 3.93. The SMILES string of the molecule is CNc1nccn2c(C3CCC3)nc(-c3cccc(OCc4ccccc4)c3F)c12. The molecule has 0 saturated heterocycles. The van der Waals surface area contributed by atoms with Crippen molar-refractivity contribution < 1.29 is 9.13 Å². The smallest absolute Gasteiger partial charge is 0.174 e. The number of ether oxygens (including phenoxy) is 1. The van der Waals surface area contributed by atoms with Gasteiger partial charge in [0.05, 0.1) is 0 Å². The number of aromatic nitrogens is 3. The fourth-order valence-electron chi connectivity index (χ4n) is 3.93. The van der Waals surface area contributed by atoms with E-state index in [4.69, 9.17) is 9.72 Å². The summed E-state index contributed by atoms with van der Waals surface area (Å²) in [6.07, 6.45) is 7.09. The first-order valence-corrected chi connectivity index (χ1v) is 10.3. The van der Waals surface area contributed by atoms with E-state index in [0.29, 0.717) is 29.6 Å². The van der Waals surface area contributed by atoms with E-state index in [2.05, 4.69) is 14.7 Å². The van der Waals surface area contributed by atoms with E-state index in [1.807, 2.05) is 49.6 Å². The maximum Gasteiger partial charge on any atom is 0.174 e. The molecule has 30 heavy (non-hydrogen) atoms. The van der Waals surface area contributed by atoms with Crippen LogP contribution in [0.3, 0.4) is 0 Å². The summed E-state index contributed by atoms with van der Waals surface area (Å²) in [4.78, 5) is 9.33. The second-order valence-electron chi connectivity index (χ2n) is 7.58. The Morgan fingerprint density at radius 2 is 1.97 bits per heavy atom. The number of fused-ring (bicyclic) bond motifs is 1. The Kier molecular flexibility index (Phi) is 4.83. The van der Waals surface area contributed by atoms with Crippen LogP contribution in [0.2, 0.25) is 0 Å². The highest BCUT2D eigenvalue weighted by molar-refractivity contribution is 5.87. The van der Waals surface area contributed by atoms with Gasteiger partial charge >= 0.3 is 0 Å². The molecule has 0 amide bonds. The molecule has 1 N–H and O–H groups in total. The van der Waals surface area contributed by atoms with Crippen LogP contribution in [-0.4, -0.2) is 21.4 Å². The van der Waals surface area contributed by atoms with Crippen LogP contribution < -0.4 is 10.1 Å². The Balaban J connectivity index is 1.58. The molecule has 0 atom stereocenters. The molecule has 1 saturated carbocycles. The van der Waals surface area contributed by atoms with Gasteiger partial charge in [-0.15, -0.1) is 0 Å². The van der Waals surface area contributed by atoms with Crippen molar-refractivity contribution in [3.8, 4) is 17.0 Å². The number of hydrogen-bond donors (Lipinski definition) is 1. The average Bonchev–Trinajstić information content (AvgIpc) is 3.12. The van der Waals surface area contributed by atoms with Crippen molar-refractivity contribution in [1.29, 1.82) is 0 Å². The van der Waals surface area contributed by atoms with Gasteiger partial charge in [-0.05, 0) is 30.5 Å². The Morgan fingerprint density at radius 3 is 2.70 bits per heavy atom. The molecule has 152 valence electrons. The van der Waals surface area contributed by atoms with E-state index in [0.717, 1.165) is 29.7 Å². The lowest BCUT2D eigenvalue weighted by Gasteiger charge is -2.23. The lowest BCUT2D eigenvalue weighted by Crippen LogP contribution is -2.12. The number of halogens is 1. The molecule has 2 heterocycles. The molecule has 1 fully saturated rings. The predicted octanol–water partition coefficient (Wildman–Crippen LogP) is 5.42. The lowest BCUT2D eigenvalue weighted by atomic mass is 9.85. The zero-order valence-corrected chi connectivity index (χ0v) is 16.8. The highest BCUT2D eigenvalue weighted by Gasteiger charge is 2.28. The molecule has 5 nitrogen and oxygen atoms in total. The predicted molar refractivity (Wildman–Crippen MR) is 115 cm³/mol. The van der Waals surface area contributed by atoms with Gasteiger partial charge in [-0.2, -0.15) is 0 Å². The first-order valence-electron chi connectivity index (χ1n) is 10.3. The minimum Gasteiger partial charge on any atom is -0.486 e. The van der Waals surface area contributed by atoms with Crippen molar-refractivity contribution in [2.75, 3.05) is 12.4 Å². The fraction of sp³-hybridized carbons (Fsp3) is 0.250. The second kappa shape index (κ2) is 7.78. The molecule has 0 aliphatic heterocycles. The Hall–Kier alpha value is -3.41. The van der Waals surface area contributed by atoms with Gasteiger partial charge in [-0.1, -0.05) is 42.8 Å². The molecule has 1 aliphatic rings.